The maximum atomic E-state index is 13.4. The highest BCUT2D eigenvalue weighted by molar-refractivity contribution is 6.04. The molecule has 7 nitrogen and oxygen atoms in total. The minimum absolute atomic E-state index is 0.229. The number of carbonyl (C=O) groups is 1. The maximum absolute atomic E-state index is 13.4. The van der Waals surface area contributed by atoms with Crippen LogP contribution in [0.25, 0.3) is 17.3 Å². The molecule has 0 bridgehead atoms. The molecule has 1 N–H and O–H groups in total. The molecule has 0 fully saturated rings. The molecule has 8 heteroatoms. The number of nitrogens with one attached hydrogen (secondary N) is 1. The van der Waals surface area contributed by atoms with Crippen molar-refractivity contribution in [1.82, 2.24) is 14.8 Å². The molecular formula is C23H21FN4O3. The van der Waals surface area contributed by atoms with Gasteiger partial charge in [0.15, 0.2) is 5.76 Å². The van der Waals surface area contributed by atoms with Crippen molar-refractivity contribution in [3.05, 3.63) is 78.3 Å². The first-order chi connectivity index (χ1) is 15.0. The van der Waals surface area contributed by atoms with Crippen molar-refractivity contribution in [1.29, 1.82) is 0 Å². The van der Waals surface area contributed by atoms with Crippen molar-refractivity contribution in [2.45, 2.75) is 13.8 Å². The largest absolute Gasteiger partial charge is 0.462 e. The molecule has 0 spiro atoms. The molecule has 4 rings (SSSR count). The van der Waals surface area contributed by atoms with E-state index in [1.54, 1.807) is 47.3 Å². The van der Waals surface area contributed by atoms with Gasteiger partial charge in [-0.1, -0.05) is 26.0 Å². The first-order valence-electron chi connectivity index (χ1n) is 9.80. The molecule has 0 aliphatic heterocycles. The highest BCUT2D eigenvalue weighted by atomic mass is 19.1. The number of ether oxygens (including phenoxy) is 1. The highest BCUT2D eigenvalue weighted by Crippen LogP contribution is 2.25. The lowest BCUT2D eigenvalue weighted by atomic mass is 10.2. The number of halogens is 1. The second-order valence-electron chi connectivity index (χ2n) is 7.33. The fourth-order valence-electron chi connectivity index (χ4n) is 2.89. The van der Waals surface area contributed by atoms with Crippen LogP contribution < -0.4 is 10.1 Å². The minimum Gasteiger partial charge on any atom is -0.462 e. The Labute approximate surface area is 178 Å². The molecule has 0 unspecified atom stereocenters. The van der Waals surface area contributed by atoms with Gasteiger partial charge in [0, 0.05) is 11.3 Å². The third-order valence-corrected chi connectivity index (χ3v) is 4.31. The molecule has 1 amide bonds. The van der Waals surface area contributed by atoms with E-state index in [2.05, 4.69) is 15.4 Å². The maximum Gasteiger partial charge on any atom is 0.336 e. The fraction of sp³-hybridized carbons (Fsp3) is 0.174. The Balaban J connectivity index is 1.64. The Morgan fingerprint density at radius 3 is 2.74 bits per heavy atom. The van der Waals surface area contributed by atoms with E-state index >= 15 is 0 Å². The summed E-state index contributed by atoms with van der Waals surface area (Å²) in [7, 11) is 0. The molecule has 0 atom stereocenters. The molecule has 31 heavy (non-hydrogen) atoms. The van der Waals surface area contributed by atoms with Crippen molar-refractivity contribution < 1.29 is 18.3 Å². The standard InChI is InChI=1S/C23H21FN4O3/c1-15(2)14-31-23-26-21(20-10-5-11-30-20)28(27-23)19-9-4-8-18(13-19)25-22(29)16-6-3-7-17(24)12-16/h3-13,15H,14H2,1-2H3,(H,25,29). The van der Waals surface area contributed by atoms with Gasteiger partial charge in [-0.2, -0.15) is 4.98 Å². The summed E-state index contributed by atoms with van der Waals surface area (Å²) in [5.74, 6) is 0.433. The molecule has 2 heterocycles. The highest BCUT2D eigenvalue weighted by Gasteiger charge is 2.18. The topological polar surface area (TPSA) is 82.2 Å². The van der Waals surface area contributed by atoms with Gasteiger partial charge in [0.05, 0.1) is 18.6 Å². The summed E-state index contributed by atoms with van der Waals surface area (Å²) in [4.78, 5) is 16.9. The number of carbonyl (C=O) groups excluding carboxylic acids is 1. The number of hydrogen-bond donors (Lipinski definition) is 1. The summed E-state index contributed by atoms with van der Waals surface area (Å²) in [6, 6.07) is 16.4. The molecule has 2 aromatic heterocycles. The molecule has 0 saturated carbocycles. The van der Waals surface area contributed by atoms with Gasteiger partial charge in [-0.15, -0.1) is 5.10 Å². The Morgan fingerprint density at radius 2 is 2.00 bits per heavy atom. The number of furan rings is 1. The second kappa shape index (κ2) is 8.83. The second-order valence-corrected chi connectivity index (χ2v) is 7.33. The quantitative estimate of drug-likeness (QED) is 0.457. The van der Waals surface area contributed by atoms with Crippen LogP contribution in [-0.4, -0.2) is 27.3 Å². The average molecular weight is 420 g/mol. The van der Waals surface area contributed by atoms with Crippen LogP contribution in [0.3, 0.4) is 0 Å². The van der Waals surface area contributed by atoms with E-state index in [4.69, 9.17) is 9.15 Å². The molecule has 0 saturated heterocycles. The normalized spacial score (nSPS) is 11.0. The molecular weight excluding hydrogens is 399 g/mol. The lowest BCUT2D eigenvalue weighted by molar-refractivity contribution is 0.102. The number of aromatic nitrogens is 3. The van der Waals surface area contributed by atoms with E-state index < -0.39 is 11.7 Å². The summed E-state index contributed by atoms with van der Waals surface area (Å²) >= 11 is 0. The molecule has 0 aliphatic rings. The molecule has 158 valence electrons. The van der Waals surface area contributed by atoms with Crippen molar-refractivity contribution in [2.75, 3.05) is 11.9 Å². The summed E-state index contributed by atoms with van der Waals surface area (Å²) in [5.41, 5.74) is 1.40. The number of amides is 1. The lowest BCUT2D eigenvalue weighted by Crippen LogP contribution is -2.12. The Morgan fingerprint density at radius 1 is 1.16 bits per heavy atom. The average Bonchev–Trinajstić information content (AvgIpc) is 3.42. The van der Waals surface area contributed by atoms with Gasteiger partial charge in [0.1, 0.15) is 5.82 Å². The van der Waals surface area contributed by atoms with Gasteiger partial charge < -0.3 is 14.5 Å². The van der Waals surface area contributed by atoms with Gasteiger partial charge in [0.2, 0.25) is 5.82 Å². The van der Waals surface area contributed by atoms with Crippen LogP contribution in [0.5, 0.6) is 6.01 Å². The summed E-state index contributed by atoms with van der Waals surface area (Å²) in [6.45, 7) is 4.55. The van der Waals surface area contributed by atoms with Gasteiger partial charge in [-0.3, -0.25) is 4.79 Å². The van der Waals surface area contributed by atoms with Crippen molar-refractivity contribution in [3.63, 3.8) is 0 Å². The zero-order chi connectivity index (χ0) is 21.8. The predicted octanol–water partition coefficient (Wildman–Crippen LogP) is 4.95. The fourth-order valence-corrected chi connectivity index (χ4v) is 2.89. The predicted molar refractivity (Wildman–Crippen MR) is 114 cm³/mol. The Hall–Kier alpha value is -3.94. The zero-order valence-electron chi connectivity index (χ0n) is 17.1. The van der Waals surface area contributed by atoms with E-state index in [0.29, 0.717) is 35.5 Å². The van der Waals surface area contributed by atoms with Gasteiger partial charge in [-0.05, 0) is 54.4 Å². The third kappa shape index (κ3) is 4.80. The van der Waals surface area contributed by atoms with E-state index in [9.17, 15) is 9.18 Å². The molecule has 2 aromatic carbocycles. The first-order valence-corrected chi connectivity index (χ1v) is 9.80. The third-order valence-electron chi connectivity index (χ3n) is 4.31. The number of hydrogen-bond acceptors (Lipinski definition) is 5. The van der Waals surface area contributed by atoms with Crippen LogP contribution >= 0.6 is 0 Å². The zero-order valence-corrected chi connectivity index (χ0v) is 17.1. The van der Waals surface area contributed by atoms with Crippen LogP contribution in [0, 0.1) is 11.7 Å². The van der Waals surface area contributed by atoms with Crippen molar-refractivity contribution >= 4 is 11.6 Å². The first kappa shape index (κ1) is 20.3. The SMILES string of the molecule is CC(C)COc1nc(-c2ccco2)n(-c2cccc(NC(=O)c3cccc(F)c3)c2)n1. The van der Waals surface area contributed by atoms with Crippen LogP contribution in [0.4, 0.5) is 10.1 Å². The summed E-state index contributed by atoms with van der Waals surface area (Å²) in [5, 5.41) is 7.23. The smallest absolute Gasteiger partial charge is 0.336 e. The molecule has 4 aromatic rings. The van der Waals surface area contributed by atoms with Crippen LogP contribution in [0.1, 0.15) is 24.2 Å². The van der Waals surface area contributed by atoms with Gasteiger partial charge in [0.25, 0.3) is 5.91 Å². The van der Waals surface area contributed by atoms with Crippen LogP contribution in [0.2, 0.25) is 0 Å². The summed E-state index contributed by atoms with van der Waals surface area (Å²) in [6.07, 6.45) is 1.55. The van der Waals surface area contributed by atoms with E-state index in [0.717, 1.165) is 0 Å². The van der Waals surface area contributed by atoms with E-state index in [1.807, 2.05) is 19.9 Å². The Bertz CT molecular complexity index is 1190. The van der Waals surface area contributed by atoms with Crippen molar-refractivity contribution in [3.8, 4) is 23.3 Å². The van der Waals surface area contributed by atoms with Crippen molar-refractivity contribution in [2.24, 2.45) is 5.92 Å². The molecule has 0 aliphatic carbocycles. The van der Waals surface area contributed by atoms with Crippen LogP contribution in [-0.2, 0) is 0 Å². The lowest BCUT2D eigenvalue weighted by Gasteiger charge is -2.09. The van der Waals surface area contributed by atoms with Gasteiger partial charge in [-0.25, -0.2) is 9.07 Å². The van der Waals surface area contributed by atoms with E-state index in [-0.39, 0.29) is 11.6 Å². The van der Waals surface area contributed by atoms with Gasteiger partial charge >= 0.3 is 6.01 Å². The number of nitrogens with zero attached hydrogens (tertiary/aromatic N) is 3. The molecule has 0 radical (unpaired) electrons. The van der Waals surface area contributed by atoms with Crippen LogP contribution in [0.15, 0.2) is 71.3 Å². The van der Waals surface area contributed by atoms with E-state index in [1.165, 1.54) is 18.2 Å². The minimum atomic E-state index is -0.471. The number of rotatable bonds is 7. The number of anilines is 1. The number of benzene rings is 2. The monoisotopic (exact) mass is 420 g/mol. The Kier molecular flexibility index (Phi) is 5.79. The summed E-state index contributed by atoms with van der Waals surface area (Å²) < 4.78 is 26.2.